The highest BCUT2D eigenvalue weighted by molar-refractivity contribution is 5.31. The van der Waals surface area contributed by atoms with Crippen molar-refractivity contribution < 1.29 is 14.2 Å². The van der Waals surface area contributed by atoms with Crippen LogP contribution < -0.4 is 9.47 Å². The number of hydrogen-bond acceptors (Lipinski definition) is 3. The van der Waals surface area contributed by atoms with Gasteiger partial charge in [-0.1, -0.05) is 65.8 Å². The summed E-state index contributed by atoms with van der Waals surface area (Å²) in [5, 5.41) is 0. The maximum atomic E-state index is 6.53. The van der Waals surface area contributed by atoms with Gasteiger partial charge in [-0.25, -0.2) is 0 Å². The van der Waals surface area contributed by atoms with Crippen LogP contribution in [0.25, 0.3) is 0 Å². The topological polar surface area (TPSA) is 27.7 Å². The molecule has 2 aromatic rings. The molecule has 2 aromatic carbocycles. The molecule has 0 fully saturated rings. The summed E-state index contributed by atoms with van der Waals surface area (Å²) >= 11 is 0. The Kier molecular flexibility index (Phi) is 9.87. The minimum Gasteiger partial charge on any atom is -0.494 e. The van der Waals surface area contributed by atoms with Gasteiger partial charge in [-0.2, -0.15) is 0 Å². The summed E-state index contributed by atoms with van der Waals surface area (Å²) in [6.45, 7) is 23.5. The lowest BCUT2D eigenvalue weighted by Crippen LogP contribution is -2.37. The van der Waals surface area contributed by atoms with E-state index in [0.717, 1.165) is 37.2 Å². The third kappa shape index (κ3) is 10.7. The Balaban J connectivity index is 1.69. The van der Waals surface area contributed by atoms with E-state index >= 15 is 0 Å². The molecule has 0 atom stereocenters. The molecular weight excluding hydrogens is 432 g/mol. The summed E-state index contributed by atoms with van der Waals surface area (Å²) in [4.78, 5) is 0. The van der Waals surface area contributed by atoms with E-state index in [2.05, 4.69) is 118 Å². The highest BCUT2D eigenvalue weighted by Gasteiger charge is 2.28. The van der Waals surface area contributed by atoms with Gasteiger partial charge in [0.15, 0.2) is 0 Å². The van der Waals surface area contributed by atoms with Gasteiger partial charge >= 0.3 is 0 Å². The lowest BCUT2D eigenvalue weighted by Gasteiger charge is -2.36. The van der Waals surface area contributed by atoms with Crippen LogP contribution in [0.4, 0.5) is 0 Å². The van der Waals surface area contributed by atoms with Gasteiger partial charge in [0, 0.05) is 0 Å². The van der Waals surface area contributed by atoms with Crippen LogP contribution in [0.3, 0.4) is 0 Å². The minimum atomic E-state index is -0.202. The number of hydrogen-bond donors (Lipinski definition) is 0. The van der Waals surface area contributed by atoms with Gasteiger partial charge < -0.3 is 14.2 Å². The van der Waals surface area contributed by atoms with Gasteiger partial charge in [-0.3, -0.25) is 0 Å². The molecule has 0 N–H and O–H groups in total. The Hall–Kier alpha value is -2.00. The Bertz CT molecular complexity index is 803. The molecule has 0 radical (unpaired) electrons. The summed E-state index contributed by atoms with van der Waals surface area (Å²) in [5.41, 5.74) is 2.57. The van der Waals surface area contributed by atoms with Crippen LogP contribution in [0.15, 0.2) is 48.5 Å². The van der Waals surface area contributed by atoms with Crippen LogP contribution in [0, 0.1) is 0 Å². The summed E-state index contributed by atoms with van der Waals surface area (Å²) in [6, 6.07) is 17.0. The van der Waals surface area contributed by atoms with Crippen molar-refractivity contribution in [2.75, 3.05) is 13.2 Å². The quantitative estimate of drug-likeness (QED) is 0.283. The Morgan fingerprint density at radius 1 is 0.486 bits per heavy atom. The highest BCUT2D eigenvalue weighted by Crippen LogP contribution is 2.29. The van der Waals surface area contributed by atoms with E-state index in [1.807, 2.05) is 0 Å². The maximum absolute atomic E-state index is 6.53. The monoisotopic (exact) mass is 482 g/mol. The molecule has 0 aliphatic carbocycles. The minimum absolute atomic E-state index is 0.163. The van der Waals surface area contributed by atoms with Crippen molar-refractivity contribution in [3.05, 3.63) is 59.7 Å². The third-order valence-corrected chi connectivity index (χ3v) is 6.38. The van der Waals surface area contributed by atoms with Crippen molar-refractivity contribution in [1.82, 2.24) is 0 Å². The highest BCUT2D eigenvalue weighted by atomic mass is 16.5. The molecule has 0 bridgehead atoms. The van der Waals surface area contributed by atoms with E-state index in [0.29, 0.717) is 13.2 Å². The van der Waals surface area contributed by atoms with Gasteiger partial charge in [-0.15, -0.1) is 0 Å². The lowest BCUT2D eigenvalue weighted by atomic mass is 9.87. The van der Waals surface area contributed by atoms with E-state index in [1.165, 1.54) is 11.1 Å². The molecule has 0 spiro atoms. The van der Waals surface area contributed by atoms with Crippen molar-refractivity contribution in [1.29, 1.82) is 0 Å². The molecule has 3 nitrogen and oxygen atoms in total. The van der Waals surface area contributed by atoms with Crippen LogP contribution in [-0.2, 0) is 15.6 Å². The molecule has 0 aromatic heterocycles. The molecule has 3 heteroatoms. The van der Waals surface area contributed by atoms with Crippen molar-refractivity contribution in [3.63, 3.8) is 0 Å². The SMILES string of the molecule is CC(C)(CCCOc1ccc(C(C)(C)C)cc1)OC(C)(C)CCCOc1ccc(C(C)(C)C)cc1. The van der Waals surface area contributed by atoms with Crippen molar-refractivity contribution in [2.24, 2.45) is 0 Å². The fourth-order valence-corrected chi connectivity index (χ4v) is 4.33. The summed E-state index contributed by atoms with van der Waals surface area (Å²) < 4.78 is 18.5. The zero-order chi connectivity index (χ0) is 26.3. The predicted molar refractivity (Wildman–Crippen MR) is 149 cm³/mol. The van der Waals surface area contributed by atoms with Gasteiger partial charge in [0.2, 0.25) is 0 Å². The van der Waals surface area contributed by atoms with Crippen LogP contribution in [-0.4, -0.2) is 24.4 Å². The van der Waals surface area contributed by atoms with Crippen molar-refractivity contribution >= 4 is 0 Å². The number of benzene rings is 2. The van der Waals surface area contributed by atoms with Gasteiger partial charge in [0.05, 0.1) is 24.4 Å². The first-order valence-electron chi connectivity index (χ1n) is 13.2. The average molecular weight is 483 g/mol. The largest absolute Gasteiger partial charge is 0.494 e. The maximum Gasteiger partial charge on any atom is 0.119 e. The van der Waals surface area contributed by atoms with Crippen LogP contribution in [0.2, 0.25) is 0 Å². The normalized spacial score (nSPS) is 13.1. The van der Waals surface area contributed by atoms with E-state index < -0.39 is 0 Å². The van der Waals surface area contributed by atoms with Gasteiger partial charge in [0.1, 0.15) is 11.5 Å². The molecule has 35 heavy (non-hydrogen) atoms. The van der Waals surface area contributed by atoms with Gasteiger partial charge in [-0.05, 0) is 99.6 Å². The Morgan fingerprint density at radius 2 is 0.800 bits per heavy atom. The van der Waals surface area contributed by atoms with Crippen molar-refractivity contribution in [2.45, 2.75) is 117 Å². The molecule has 2 rings (SSSR count). The Morgan fingerprint density at radius 3 is 1.09 bits per heavy atom. The zero-order valence-electron chi connectivity index (χ0n) is 24.1. The molecule has 196 valence electrons. The smallest absolute Gasteiger partial charge is 0.119 e. The molecule has 0 saturated heterocycles. The second-order valence-corrected chi connectivity index (χ2v) is 13.1. The second-order valence-electron chi connectivity index (χ2n) is 13.1. The van der Waals surface area contributed by atoms with E-state index in [-0.39, 0.29) is 22.0 Å². The molecule has 0 aliphatic heterocycles. The second kappa shape index (κ2) is 11.8. The lowest BCUT2D eigenvalue weighted by molar-refractivity contribution is -0.131. The van der Waals surface area contributed by atoms with Crippen LogP contribution >= 0.6 is 0 Å². The number of rotatable bonds is 12. The van der Waals surface area contributed by atoms with Crippen LogP contribution in [0.1, 0.15) is 106 Å². The standard InChI is InChI=1S/C32H50O3/c1-29(2,3)25-13-17-27(18-14-25)33-23-11-21-31(7,8)35-32(9,10)22-12-24-34-28-19-15-26(16-20-28)30(4,5)6/h13-20H,11-12,21-24H2,1-10H3. The molecule has 0 heterocycles. The summed E-state index contributed by atoms with van der Waals surface area (Å²) in [7, 11) is 0. The first-order valence-corrected chi connectivity index (χ1v) is 13.2. The van der Waals surface area contributed by atoms with E-state index in [1.54, 1.807) is 0 Å². The van der Waals surface area contributed by atoms with E-state index in [4.69, 9.17) is 14.2 Å². The first-order chi connectivity index (χ1) is 16.1. The molecule has 0 aliphatic rings. The van der Waals surface area contributed by atoms with Crippen molar-refractivity contribution in [3.8, 4) is 11.5 Å². The predicted octanol–water partition coefficient (Wildman–Crippen LogP) is 8.87. The Labute approximate surface area is 215 Å². The summed E-state index contributed by atoms with van der Waals surface area (Å²) in [5.74, 6) is 1.87. The fraction of sp³-hybridized carbons (Fsp3) is 0.625. The van der Waals surface area contributed by atoms with Gasteiger partial charge in [0.25, 0.3) is 0 Å². The van der Waals surface area contributed by atoms with E-state index in [9.17, 15) is 0 Å². The third-order valence-electron chi connectivity index (χ3n) is 6.38. The molecule has 0 amide bonds. The molecule has 0 unspecified atom stereocenters. The fourth-order valence-electron chi connectivity index (χ4n) is 4.33. The molecule has 0 saturated carbocycles. The first kappa shape index (κ1) is 29.2. The van der Waals surface area contributed by atoms with Crippen LogP contribution in [0.5, 0.6) is 11.5 Å². The zero-order valence-corrected chi connectivity index (χ0v) is 24.1. The summed E-state index contributed by atoms with van der Waals surface area (Å²) in [6.07, 6.45) is 3.82. The molecular formula is C32H50O3. The number of ether oxygens (including phenoxy) is 3. The average Bonchev–Trinajstić information content (AvgIpc) is 2.73.